The molecule has 0 unspecified atom stereocenters. The second-order valence-electron chi connectivity index (χ2n) is 4.93. The summed E-state index contributed by atoms with van der Waals surface area (Å²) >= 11 is 0. The van der Waals surface area contributed by atoms with E-state index in [0.29, 0.717) is 17.3 Å². The molecule has 0 spiro atoms. The van der Waals surface area contributed by atoms with Gasteiger partial charge in [-0.3, -0.25) is 4.79 Å². The number of likely N-dealkylation sites (tertiary alicyclic amines) is 1. The first-order valence-electron chi connectivity index (χ1n) is 6.63. The molecule has 0 atom stereocenters. The monoisotopic (exact) mass is 250 g/mol. The van der Waals surface area contributed by atoms with Crippen molar-refractivity contribution in [2.75, 3.05) is 31.9 Å². The summed E-state index contributed by atoms with van der Waals surface area (Å²) < 4.78 is 0. The smallest absolute Gasteiger partial charge is 0.267 e. The van der Waals surface area contributed by atoms with Crippen molar-refractivity contribution < 1.29 is 4.79 Å². The molecule has 1 fully saturated rings. The summed E-state index contributed by atoms with van der Waals surface area (Å²) in [6, 6.07) is 1.66. The Hall–Kier alpha value is -1.49. The second-order valence-corrected chi connectivity index (χ2v) is 4.93. The molecule has 1 aliphatic rings. The van der Waals surface area contributed by atoms with Gasteiger partial charge in [-0.1, -0.05) is 6.92 Å². The van der Waals surface area contributed by atoms with Crippen LogP contribution in [-0.2, 0) is 0 Å². The maximum atomic E-state index is 11.8. The molecule has 2 rings (SSSR count). The minimum absolute atomic E-state index is 0.0652. The van der Waals surface area contributed by atoms with Crippen LogP contribution in [0.4, 0.5) is 5.69 Å². The number of anilines is 1. The van der Waals surface area contributed by atoms with Gasteiger partial charge in [0.15, 0.2) is 0 Å². The van der Waals surface area contributed by atoms with E-state index in [2.05, 4.69) is 22.1 Å². The van der Waals surface area contributed by atoms with Gasteiger partial charge in [0.25, 0.3) is 5.91 Å². The summed E-state index contributed by atoms with van der Waals surface area (Å²) in [6.07, 6.45) is 3.97. The number of carbonyl (C=O) groups is 1. The molecule has 5 nitrogen and oxygen atoms in total. The molecule has 0 radical (unpaired) electrons. The van der Waals surface area contributed by atoms with Crippen LogP contribution in [0.15, 0.2) is 12.3 Å². The lowest BCUT2D eigenvalue weighted by Gasteiger charge is -2.30. The molecule has 0 aliphatic carbocycles. The number of nitrogens with two attached hydrogens (primary N) is 1. The van der Waals surface area contributed by atoms with Gasteiger partial charge in [-0.15, -0.1) is 0 Å². The Kier molecular flexibility index (Phi) is 4.25. The van der Waals surface area contributed by atoms with E-state index in [1.807, 2.05) is 0 Å². The fourth-order valence-electron chi connectivity index (χ4n) is 2.38. The van der Waals surface area contributed by atoms with Crippen molar-refractivity contribution in [1.82, 2.24) is 15.2 Å². The van der Waals surface area contributed by atoms with Crippen LogP contribution in [0.2, 0.25) is 0 Å². The zero-order valence-electron chi connectivity index (χ0n) is 10.9. The number of aromatic nitrogens is 1. The van der Waals surface area contributed by atoms with Crippen molar-refractivity contribution in [3.8, 4) is 0 Å². The molecule has 1 amide bonds. The number of hydrogen-bond acceptors (Lipinski definition) is 3. The molecule has 1 aromatic rings. The molecule has 0 saturated carbocycles. The molecule has 18 heavy (non-hydrogen) atoms. The molecule has 5 heteroatoms. The summed E-state index contributed by atoms with van der Waals surface area (Å²) in [4.78, 5) is 17.1. The number of nitrogen functional groups attached to an aromatic ring is 1. The predicted molar refractivity (Wildman–Crippen MR) is 72.4 cm³/mol. The summed E-state index contributed by atoms with van der Waals surface area (Å²) in [7, 11) is 0. The number of rotatable bonds is 4. The van der Waals surface area contributed by atoms with Gasteiger partial charge < -0.3 is 20.9 Å². The SMILES string of the molecule is CCN1CCC(CNC(=O)c2cc(N)c[nH]2)CC1. The normalized spacial score (nSPS) is 17.8. The summed E-state index contributed by atoms with van der Waals surface area (Å²) in [5.41, 5.74) is 6.70. The fourth-order valence-corrected chi connectivity index (χ4v) is 2.38. The average Bonchev–Trinajstić information content (AvgIpc) is 2.83. The minimum Gasteiger partial charge on any atom is -0.397 e. The van der Waals surface area contributed by atoms with Crippen LogP contribution in [0.5, 0.6) is 0 Å². The van der Waals surface area contributed by atoms with Crippen molar-refractivity contribution in [3.05, 3.63) is 18.0 Å². The number of amides is 1. The lowest BCUT2D eigenvalue weighted by Crippen LogP contribution is -2.38. The highest BCUT2D eigenvalue weighted by molar-refractivity contribution is 5.93. The fraction of sp³-hybridized carbons (Fsp3) is 0.615. The third-order valence-corrected chi connectivity index (χ3v) is 3.66. The van der Waals surface area contributed by atoms with Crippen LogP contribution < -0.4 is 11.1 Å². The Bertz CT molecular complexity index is 393. The first kappa shape index (κ1) is 13.0. The van der Waals surface area contributed by atoms with E-state index >= 15 is 0 Å². The molecule has 2 heterocycles. The molecular formula is C13H22N4O. The first-order valence-corrected chi connectivity index (χ1v) is 6.63. The van der Waals surface area contributed by atoms with E-state index in [1.165, 1.54) is 12.8 Å². The van der Waals surface area contributed by atoms with E-state index in [9.17, 15) is 4.79 Å². The number of aromatic amines is 1. The van der Waals surface area contributed by atoms with E-state index < -0.39 is 0 Å². The topological polar surface area (TPSA) is 74.2 Å². The number of nitrogens with one attached hydrogen (secondary N) is 2. The third kappa shape index (κ3) is 3.26. The number of piperidine rings is 1. The Balaban J connectivity index is 1.74. The summed E-state index contributed by atoms with van der Waals surface area (Å²) in [5, 5.41) is 2.97. The lowest BCUT2D eigenvalue weighted by molar-refractivity contribution is 0.0932. The molecule has 4 N–H and O–H groups in total. The van der Waals surface area contributed by atoms with Gasteiger partial charge in [-0.25, -0.2) is 0 Å². The van der Waals surface area contributed by atoms with Crippen LogP contribution >= 0.6 is 0 Å². The van der Waals surface area contributed by atoms with Crippen molar-refractivity contribution in [2.24, 2.45) is 5.92 Å². The maximum absolute atomic E-state index is 11.8. The maximum Gasteiger partial charge on any atom is 0.267 e. The van der Waals surface area contributed by atoms with Crippen molar-refractivity contribution in [3.63, 3.8) is 0 Å². The van der Waals surface area contributed by atoms with Crippen molar-refractivity contribution >= 4 is 11.6 Å². The number of hydrogen-bond donors (Lipinski definition) is 3. The first-order chi connectivity index (χ1) is 8.69. The highest BCUT2D eigenvalue weighted by Crippen LogP contribution is 2.16. The lowest BCUT2D eigenvalue weighted by atomic mass is 9.97. The Morgan fingerprint density at radius 2 is 2.28 bits per heavy atom. The quantitative estimate of drug-likeness (QED) is 0.748. The van der Waals surface area contributed by atoms with E-state index in [-0.39, 0.29) is 5.91 Å². The van der Waals surface area contributed by atoms with E-state index in [4.69, 9.17) is 5.73 Å². The van der Waals surface area contributed by atoms with Crippen LogP contribution in [0, 0.1) is 5.92 Å². The third-order valence-electron chi connectivity index (χ3n) is 3.66. The average molecular weight is 250 g/mol. The van der Waals surface area contributed by atoms with Gasteiger partial charge in [-0.2, -0.15) is 0 Å². The summed E-state index contributed by atoms with van der Waals surface area (Å²) in [6.45, 7) is 6.37. The van der Waals surface area contributed by atoms with E-state index in [0.717, 1.165) is 26.2 Å². The number of carbonyl (C=O) groups excluding carboxylic acids is 1. The zero-order chi connectivity index (χ0) is 13.0. The van der Waals surface area contributed by atoms with E-state index in [1.54, 1.807) is 12.3 Å². The van der Waals surface area contributed by atoms with Crippen LogP contribution in [0.25, 0.3) is 0 Å². The Morgan fingerprint density at radius 3 is 2.83 bits per heavy atom. The van der Waals surface area contributed by atoms with Crippen molar-refractivity contribution in [2.45, 2.75) is 19.8 Å². The van der Waals surface area contributed by atoms with Gasteiger partial charge in [-0.05, 0) is 44.5 Å². The highest BCUT2D eigenvalue weighted by atomic mass is 16.1. The minimum atomic E-state index is -0.0652. The number of nitrogens with zero attached hydrogens (tertiary/aromatic N) is 1. The van der Waals surface area contributed by atoms with Gasteiger partial charge in [0.05, 0.1) is 0 Å². The van der Waals surface area contributed by atoms with Gasteiger partial charge >= 0.3 is 0 Å². The van der Waals surface area contributed by atoms with Gasteiger partial charge in [0.1, 0.15) is 5.69 Å². The summed E-state index contributed by atoms with van der Waals surface area (Å²) in [5.74, 6) is 0.536. The predicted octanol–water partition coefficient (Wildman–Crippen LogP) is 1.06. The van der Waals surface area contributed by atoms with Crippen LogP contribution in [-0.4, -0.2) is 42.0 Å². The molecule has 1 aromatic heterocycles. The van der Waals surface area contributed by atoms with Crippen LogP contribution in [0.3, 0.4) is 0 Å². The highest BCUT2D eigenvalue weighted by Gasteiger charge is 2.18. The molecule has 0 bridgehead atoms. The zero-order valence-corrected chi connectivity index (χ0v) is 10.9. The molecule has 1 saturated heterocycles. The Labute approximate surface area is 108 Å². The molecule has 0 aromatic carbocycles. The van der Waals surface area contributed by atoms with Crippen molar-refractivity contribution in [1.29, 1.82) is 0 Å². The molecule has 1 aliphatic heterocycles. The molecular weight excluding hydrogens is 228 g/mol. The molecule has 100 valence electrons. The van der Waals surface area contributed by atoms with Crippen LogP contribution in [0.1, 0.15) is 30.3 Å². The Morgan fingerprint density at radius 1 is 1.56 bits per heavy atom. The number of H-pyrrole nitrogens is 1. The van der Waals surface area contributed by atoms with Gasteiger partial charge in [0, 0.05) is 18.4 Å². The largest absolute Gasteiger partial charge is 0.397 e. The second kappa shape index (κ2) is 5.91. The standard InChI is InChI=1S/C13H22N4O/c1-2-17-5-3-10(4-6-17)8-16-13(18)12-7-11(14)9-15-12/h7,9-10,15H,2-6,8,14H2,1H3,(H,16,18). The van der Waals surface area contributed by atoms with Gasteiger partial charge in [0.2, 0.25) is 0 Å².